The Balaban J connectivity index is 0.00000256. The van der Waals surface area contributed by atoms with E-state index in [4.69, 9.17) is 4.42 Å². The topological polar surface area (TPSA) is 135 Å². The summed E-state index contributed by atoms with van der Waals surface area (Å²) in [4.78, 5) is 12.0. The Labute approximate surface area is 214 Å². The maximum Gasteiger partial charge on any atom is -0.870 e. The summed E-state index contributed by atoms with van der Waals surface area (Å²) in [6, 6.07) is 10.9. The standard InChI is InChI=1S/C19H9I2O6S.Hg.H2O/c20-12-5-10-16(7-14(12)22)27-17-8-15(23)13(21)6-11(17)19(10)9-3-1-2-4-18(9)28(24,25)26;;/h1-7,23H,(H,24,25,26);;1H2/q;+1;/p-1. The van der Waals surface area contributed by atoms with Crippen LogP contribution in [0.4, 0.5) is 0 Å². The van der Waals surface area contributed by atoms with Crippen molar-refractivity contribution in [2.45, 2.75) is 4.90 Å². The number of hydrogen-bond acceptors (Lipinski definition) is 6. The molecule has 1 aliphatic heterocycles. The van der Waals surface area contributed by atoms with E-state index < -0.39 is 10.1 Å². The molecule has 0 spiro atoms. The minimum Gasteiger partial charge on any atom is -0.870 e. The number of benzene rings is 3. The first-order chi connectivity index (χ1) is 13.6. The summed E-state index contributed by atoms with van der Waals surface area (Å²) >= 11 is 3.92. The van der Waals surface area contributed by atoms with Gasteiger partial charge >= 0.3 is 211 Å². The number of fused-ring (bicyclic) bond motifs is 2. The van der Waals surface area contributed by atoms with Gasteiger partial charge < -0.3 is 5.48 Å². The average molecular weight is 837 g/mol. The van der Waals surface area contributed by atoms with Crippen LogP contribution in [0.1, 0.15) is 0 Å². The van der Waals surface area contributed by atoms with E-state index in [2.05, 4.69) is 0 Å². The fourth-order valence-electron chi connectivity index (χ4n) is 3.24. The van der Waals surface area contributed by atoms with Gasteiger partial charge in [0.1, 0.15) is 0 Å². The number of halogens is 2. The molecule has 2 aliphatic rings. The Kier molecular flexibility index (Phi) is 6.85. The molecule has 0 aromatic heterocycles. The van der Waals surface area contributed by atoms with E-state index in [1.807, 2.05) is 45.2 Å². The molecular weight excluding hydrogens is 827 g/mol. The fourth-order valence-corrected chi connectivity index (χ4v) is 8.20. The zero-order valence-electron chi connectivity index (χ0n) is 14.9. The van der Waals surface area contributed by atoms with Gasteiger partial charge in [0.15, 0.2) is 0 Å². The molecule has 2 aromatic rings. The molecule has 0 amide bonds. The molecule has 0 fully saturated rings. The maximum absolute atomic E-state index is 12.2. The largest absolute Gasteiger partial charge is 0.870 e. The molecule has 7 nitrogen and oxygen atoms in total. The molecule has 0 saturated carbocycles. The summed E-state index contributed by atoms with van der Waals surface area (Å²) in [7, 11) is -4.50. The van der Waals surface area contributed by atoms with Gasteiger partial charge in [-0.25, -0.2) is 0 Å². The zero-order chi connectivity index (χ0) is 21.1. The van der Waals surface area contributed by atoms with Gasteiger partial charge in [-0.3, -0.25) is 0 Å². The van der Waals surface area contributed by atoms with Crippen molar-refractivity contribution < 1.29 is 54.1 Å². The molecule has 0 saturated heterocycles. The second-order valence-electron chi connectivity index (χ2n) is 6.29. The first kappa shape index (κ1) is 23.8. The van der Waals surface area contributed by atoms with Crippen molar-refractivity contribution in [3.8, 4) is 28.2 Å². The van der Waals surface area contributed by atoms with Gasteiger partial charge in [-0.15, -0.1) is 0 Å². The summed E-state index contributed by atoms with van der Waals surface area (Å²) in [6.07, 6.45) is 0. The van der Waals surface area contributed by atoms with Gasteiger partial charge in [-0.1, -0.05) is 0 Å². The predicted molar refractivity (Wildman–Crippen MR) is 123 cm³/mol. The summed E-state index contributed by atoms with van der Waals surface area (Å²) in [5.41, 5.74) is 1.57. The minimum atomic E-state index is -4.50. The van der Waals surface area contributed by atoms with Gasteiger partial charge in [0.2, 0.25) is 0 Å². The number of phenols is 1. The Morgan fingerprint density at radius 3 is 2.33 bits per heavy atom. The Morgan fingerprint density at radius 1 is 1.00 bits per heavy atom. The van der Waals surface area contributed by atoms with Crippen molar-refractivity contribution in [2.24, 2.45) is 0 Å². The van der Waals surface area contributed by atoms with E-state index >= 15 is 0 Å². The molecule has 0 atom stereocenters. The number of aromatic hydroxyl groups is 1. The van der Waals surface area contributed by atoms with Crippen LogP contribution in [0, 0.1) is 7.14 Å². The van der Waals surface area contributed by atoms with Crippen LogP contribution in [0.25, 0.3) is 33.4 Å². The Bertz CT molecular complexity index is 1450. The molecule has 1 aliphatic carbocycles. The summed E-state index contributed by atoms with van der Waals surface area (Å²) < 4.78 is 41.6. The molecule has 0 unspecified atom stereocenters. The molecule has 11 heteroatoms. The summed E-state index contributed by atoms with van der Waals surface area (Å²) in [6.45, 7) is 0. The van der Waals surface area contributed by atoms with Crippen LogP contribution >= 0.6 is 45.2 Å². The normalized spacial score (nSPS) is 11.6. The minimum absolute atomic E-state index is 0. The first-order valence-electron chi connectivity index (χ1n) is 8.10. The van der Waals surface area contributed by atoms with E-state index in [1.165, 1.54) is 18.2 Å². The van der Waals surface area contributed by atoms with E-state index in [1.54, 1.807) is 24.3 Å². The number of hydrogen-bond donors (Lipinski definition) is 2. The van der Waals surface area contributed by atoms with Gasteiger partial charge in [0, 0.05) is 0 Å². The van der Waals surface area contributed by atoms with Gasteiger partial charge in [0.05, 0.1) is 0 Å². The summed E-state index contributed by atoms with van der Waals surface area (Å²) in [5, 5.41) is 11.0. The SMILES string of the molecule is O=c1cc2oc3[c]([Hg+])c(O)c(I)cc3c(-c3ccccc3S(=O)(=O)O)c-2cc1I.[OH-]. The van der Waals surface area contributed by atoms with Crippen molar-refractivity contribution in [2.75, 3.05) is 0 Å². The second kappa shape index (κ2) is 8.62. The maximum atomic E-state index is 12.2. The van der Waals surface area contributed by atoms with Crippen LogP contribution in [0.15, 0.2) is 56.6 Å². The molecule has 0 radical (unpaired) electrons. The third kappa shape index (κ3) is 4.01. The molecule has 4 rings (SSSR count). The summed E-state index contributed by atoms with van der Waals surface area (Å²) in [5.74, 6) is 0.418. The van der Waals surface area contributed by atoms with Crippen LogP contribution < -0.4 is 8.50 Å². The molecule has 30 heavy (non-hydrogen) atoms. The van der Waals surface area contributed by atoms with Crippen LogP contribution in [-0.2, 0) is 36.2 Å². The van der Waals surface area contributed by atoms with Gasteiger partial charge in [-0.2, -0.15) is 0 Å². The Morgan fingerprint density at radius 2 is 1.67 bits per heavy atom. The first-order valence-corrected chi connectivity index (χ1v) is 14.4. The molecule has 1 heterocycles. The van der Waals surface area contributed by atoms with Crippen molar-refractivity contribution in [3.63, 3.8) is 0 Å². The molecular formula is C19H10HgI2O7S. The molecule has 3 N–H and O–H groups in total. The average Bonchev–Trinajstić information content (AvgIpc) is 2.66. The molecule has 150 valence electrons. The molecule has 0 bridgehead atoms. The molecule has 2 aromatic carbocycles. The van der Waals surface area contributed by atoms with Crippen molar-refractivity contribution >= 4 is 69.3 Å². The van der Waals surface area contributed by atoms with Crippen molar-refractivity contribution in [1.29, 1.82) is 0 Å². The van der Waals surface area contributed by atoms with Crippen LogP contribution in [0.2, 0.25) is 0 Å². The van der Waals surface area contributed by atoms with Crippen LogP contribution in [-0.4, -0.2) is 23.6 Å². The zero-order valence-corrected chi connectivity index (χ0v) is 25.5. The van der Waals surface area contributed by atoms with Crippen molar-refractivity contribution in [3.05, 3.63) is 59.8 Å². The monoisotopic (exact) mass is 838 g/mol. The Hall–Kier alpha value is -0.805. The van der Waals surface area contributed by atoms with Crippen molar-refractivity contribution in [1.82, 2.24) is 0 Å². The number of phenolic OH excluding ortho intramolecular Hbond substituents is 1. The van der Waals surface area contributed by atoms with E-state index in [0.717, 1.165) is 0 Å². The quantitative estimate of drug-likeness (QED) is 0.136. The third-order valence-electron chi connectivity index (χ3n) is 4.52. The van der Waals surface area contributed by atoms with E-state index in [0.29, 0.717) is 37.9 Å². The number of rotatable bonds is 2. The van der Waals surface area contributed by atoms with Gasteiger partial charge in [-0.05, 0) is 0 Å². The van der Waals surface area contributed by atoms with E-state index in [9.17, 15) is 22.9 Å². The fraction of sp³-hybridized carbons (Fsp3) is 0. The van der Waals surface area contributed by atoms with Gasteiger partial charge in [0.25, 0.3) is 0 Å². The van der Waals surface area contributed by atoms with Crippen LogP contribution in [0.3, 0.4) is 0 Å². The smallest absolute Gasteiger partial charge is 0.870 e. The predicted octanol–water partition coefficient (Wildman–Crippen LogP) is 3.72. The van der Waals surface area contributed by atoms with E-state index in [-0.39, 0.29) is 53.4 Å². The second-order valence-corrected chi connectivity index (χ2v) is 12.8. The third-order valence-corrected chi connectivity index (χ3v) is 9.65. The van der Waals surface area contributed by atoms with Crippen LogP contribution in [0.5, 0.6) is 5.75 Å².